The number of nitrogens with one attached hydrogen (secondary N) is 1. The van der Waals surface area contributed by atoms with Crippen LogP contribution in [0.4, 0.5) is 4.79 Å². The lowest BCUT2D eigenvalue weighted by atomic mass is 9.90. The van der Waals surface area contributed by atoms with Crippen LogP contribution in [0, 0.1) is 0 Å². The summed E-state index contributed by atoms with van der Waals surface area (Å²) in [4.78, 5) is 37.3. The Morgan fingerprint density at radius 1 is 1.21 bits per heavy atom. The van der Waals surface area contributed by atoms with Gasteiger partial charge < -0.3 is 10.4 Å². The van der Waals surface area contributed by atoms with Gasteiger partial charge in [0, 0.05) is 0 Å². The number of nitrogens with zero attached hydrogens (tertiary/aromatic N) is 1. The molecule has 0 bridgehead atoms. The standard InChI is InChI=1S/C18H18N2O4/c1-3-14(15(21)22)20-16(23)18(2,19-17(20)24)13-9-8-11-6-4-5-7-12(11)10-13/h4-10,14H,3H2,1-2H3,(H,19,24)(H,21,22). The van der Waals surface area contributed by atoms with Crippen LogP contribution in [-0.4, -0.2) is 34.0 Å². The van der Waals surface area contributed by atoms with Gasteiger partial charge in [-0.05, 0) is 35.7 Å². The Bertz CT molecular complexity index is 848. The van der Waals surface area contributed by atoms with E-state index < -0.39 is 29.5 Å². The molecule has 1 aliphatic rings. The minimum atomic E-state index is -1.27. The van der Waals surface area contributed by atoms with Gasteiger partial charge in [-0.1, -0.05) is 43.3 Å². The van der Waals surface area contributed by atoms with Crippen molar-refractivity contribution in [3.63, 3.8) is 0 Å². The Kier molecular flexibility index (Phi) is 3.75. The van der Waals surface area contributed by atoms with Crippen LogP contribution in [0.1, 0.15) is 25.8 Å². The van der Waals surface area contributed by atoms with Gasteiger partial charge in [0.05, 0.1) is 0 Å². The number of carboxylic acid groups (broad SMARTS) is 1. The number of amides is 3. The monoisotopic (exact) mass is 326 g/mol. The van der Waals surface area contributed by atoms with Crippen LogP contribution in [0.15, 0.2) is 42.5 Å². The molecule has 6 nitrogen and oxygen atoms in total. The van der Waals surface area contributed by atoms with Crippen molar-refractivity contribution in [3.05, 3.63) is 48.0 Å². The van der Waals surface area contributed by atoms with E-state index in [-0.39, 0.29) is 6.42 Å². The van der Waals surface area contributed by atoms with E-state index >= 15 is 0 Å². The number of imide groups is 1. The minimum absolute atomic E-state index is 0.155. The fraction of sp³-hybridized carbons (Fsp3) is 0.278. The van der Waals surface area contributed by atoms with Gasteiger partial charge in [0.25, 0.3) is 5.91 Å². The molecule has 2 N–H and O–H groups in total. The fourth-order valence-electron chi connectivity index (χ4n) is 3.11. The lowest BCUT2D eigenvalue weighted by Gasteiger charge is -2.24. The number of benzene rings is 2. The SMILES string of the molecule is CCC(C(=O)O)N1C(=O)NC(C)(c2ccc3ccccc3c2)C1=O. The van der Waals surface area contributed by atoms with E-state index in [1.54, 1.807) is 19.9 Å². The number of hydrogen-bond acceptors (Lipinski definition) is 3. The van der Waals surface area contributed by atoms with Gasteiger partial charge in [-0.3, -0.25) is 4.79 Å². The number of carboxylic acids is 1. The molecule has 2 atom stereocenters. The van der Waals surface area contributed by atoms with Gasteiger partial charge >= 0.3 is 12.0 Å². The molecule has 6 heteroatoms. The molecule has 2 aromatic rings. The quantitative estimate of drug-likeness (QED) is 0.845. The number of fused-ring (bicyclic) bond motifs is 1. The molecule has 124 valence electrons. The van der Waals surface area contributed by atoms with Gasteiger partial charge in [0.15, 0.2) is 0 Å². The Labute approximate surface area is 139 Å². The summed E-state index contributed by atoms with van der Waals surface area (Å²) in [5.74, 6) is -1.74. The van der Waals surface area contributed by atoms with Gasteiger partial charge in [0.2, 0.25) is 0 Å². The molecule has 3 amide bonds. The maximum Gasteiger partial charge on any atom is 0.326 e. The molecule has 2 unspecified atom stereocenters. The van der Waals surface area contributed by atoms with Gasteiger partial charge in [-0.25, -0.2) is 14.5 Å². The van der Waals surface area contributed by atoms with E-state index in [1.165, 1.54) is 0 Å². The predicted octanol–water partition coefficient (Wildman–Crippen LogP) is 2.47. The highest BCUT2D eigenvalue weighted by Gasteiger charge is 2.52. The Hall–Kier alpha value is -2.89. The number of carbonyl (C=O) groups excluding carboxylic acids is 2. The van der Waals surface area contributed by atoms with E-state index in [0.717, 1.165) is 15.7 Å². The summed E-state index contributed by atoms with van der Waals surface area (Å²) in [6, 6.07) is 11.4. The Morgan fingerprint density at radius 3 is 2.50 bits per heavy atom. The van der Waals surface area contributed by atoms with Crippen molar-refractivity contribution < 1.29 is 19.5 Å². The van der Waals surface area contributed by atoms with Crippen molar-refractivity contribution >= 4 is 28.7 Å². The highest BCUT2D eigenvalue weighted by molar-refractivity contribution is 6.09. The highest BCUT2D eigenvalue weighted by atomic mass is 16.4. The first-order chi connectivity index (χ1) is 11.4. The molecule has 1 heterocycles. The van der Waals surface area contributed by atoms with Crippen molar-refractivity contribution in [2.75, 3.05) is 0 Å². The van der Waals surface area contributed by atoms with E-state index in [1.807, 2.05) is 36.4 Å². The third kappa shape index (κ3) is 2.31. The van der Waals surface area contributed by atoms with Crippen LogP contribution < -0.4 is 5.32 Å². The summed E-state index contributed by atoms with van der Waals surface area (Å²) in [6.45, 7) is 3.23. The van der Waals surface area contributed by atoms with Crippen molar-refractivity contribution in [1.29, 1.82) is 0 Å². The lowest BCUT2D eigenvalue weighted by molar-refractivity contribution is -0.147. The van der Waals surface area contributed by atoms with Crippen LogP contribution in [0.3, 0.4) is 0 Å². The summed E-state index contributed by atoms with van der Waals surface area (Å²) in [7, 11) is 0. The molecule has 0 radical (unpaired) electrons. The zero-order valence-corrected chi connectivity index (χ0v) is 13.4. The smallest absolute Gasteiger partial charge is 0.326 e. The molecule has 2 aromatic carbocycles. The van der Waals surface area contributed by atoms with E-state index in [2.05, 4.69) is 5.32 Å². The second kappa shape index (κ2) is 5.63. The second-order valence-corrected chi connectivity index (χ2v) is 6.05. The molecule has 24 heavy (non-hydrogen) atoms. The molecular formula is C18H18N2O4. The molecular weight excluding hydrogens is 308 g/mol. The molecule has 3 rings (SSSR count). The van der Waals surface area contributed by atoms with Crippen LogP contribution in [0.5, 0.6) is 0 Å². The Balaban J connectivity index is 2.04. The first-order valence-corrected chi connectivity index (χ1v) is 7.76. The summed E-state index contributed by atoms with van der Waals surface area (Å²) >= 11 is 0. The van der Waals surface area contributed by atoms with Crippen molar-refractivity contribution in [3.8, 4) is 0 Å². The van der Waals surface area contributed by atoms with Crippen molar-refractivity contribution in [2.45, 2.75) is 31.8 Å². The topological polar surface area (TPSA) is 86.7 Å². The summed E-state index contributed by atoms with van der Waals surface area (Å²) in [5.41, 5.74) is -0.647. The number of carbonyl (C=O) groups is 3. The average Bonchev–Trinajstić information content (AvgIpc) is 2.79. The largest absolute Gasteiger partial charge is 0.480 e. The molecule has 0 aromatic heterocycles. The molecule has 1 fully saturated rings. The fourth-order valence-corrected chi connectivity index (χ4v) is 3.11. The molecule has 0 saturated carbocycles. The molecule has 1 saturated heterocycles. The first kappa shape index (κ1) is 16.0. The van der Waals surface area contributed by atoms with E-state index in [9.17, 15) is 19.5 Å². The van der Waals surface area contributed by atoms with Crippen LogP contribution in [0.2, 0.25) is 0 Å². The minimum Gasteiger partial charge on any atom is -0.480 e. The van der Waals surface area contributed by atoms with Crippen LogP contribution >= 0.6 is 0 Å². The third-order valence-corrected chi connectivity index (χ3v) is 4.53. The molecule has 0 spiro atoms. The Morgan fingerprint density at radius 2 is 1.88 bits per heavy atom. The lowest BCUT2D eigenvalue weighted by Crippen LogP contribution is -2.46. The number of urea groups is 1. The van der Waals surface area contributed by atoms with E-state index in [4.69, 9.17) is 0 Å². The maximum absolute atomic E-state index is 12.9. The highest BCUT2D eigenvalue weighted by Crippen LogP contribution is 2.32. The molecule has 0 aliphatic carbocycles. The zero-order valence-electron chi connectivity index (χ0n) is 13.4. The second-order valence-electron chi connectivity index (χ2n) is 6.05. The first-order valence-electron chi connectivity index (χ1n) is 7.76. The van der Waals surface area contributed by atoms with Crippen molar-refractivity contribution in [1.82, 2.24) is 10.2 Å². The summed E-state index contributed by atoms with van der Waals surface area (Å²) < 4.78 is 0. The van der Waals surface area contributed by atoms with Gasteiger partial charge in [0.1, 0.15) is 11.6 Å². The van der Waals surface area contributed by atoms with Gasteiger partial charge in [-0.2, -0.15) is 0 Å². The van der Waals surface area contributed by atoms with E-state index in [0.29, 0.717) is 5.56 Å². The normalized spacial score (nSPS) is 21.8. The van der Waals surface area contributed by atoms with Crippen molar-refractivity contribution in [2.24, 2.45) is 0 Å². The average molecular weight is 326 g/mol. The summed E-state index contributed by atoms with van der Waals surface area (Å²) in [6.07, 6.45) is 0.155. The van der Waals surface area contributed by atoms with Crippen LogP contribution in [0.25, 0.3) is 10.8 Å². The van der Waals surface area contributed by atoms with Gasteiger partial charge in [-0.15, -0.1) is 0 Å². The number of aliphatic carboxylic acids is 1. The van der Waals surface area contributed by atoms with Crippen LogP contribution in [-0.2, 0) is 15.1 Å². The third-order valence-electron chi connectivity index (χ3n) is 4.53. The predicted molar refractivity (Wildman–Crippen MR) is 88.4 cm³/mol. The molecule has 1 aliphatic heterocycles. The maximum atomic E-state index is 12.9. The number of hydrogen-bond donors (Lipinski definition) is 2. The number of rotatable bonds is 4. The summed E-state index contributed by atoms with van der Waals surface area (Å²) in [5, 5.41) is 13.9. The zero-order chi connectivity index (χ0) is 17.5.